The molecule has 1 fully saturated rings. The molecule has 3 amide bonds. The minimum Gasteiger partial charge on any atom is -0.444 e. The summed E-state index contributed by atoms with van der Waals surface area (Å²) >= 11 is 0. The third kappa shape index (κ3) is 6.73. The molecule has 2 aromatic carbocycles. The van der Waals surface area contributed by atoms with E-state index in [1.807, 2.05) is 20.8 Å². The van der Waals surface area contributed by atoms with Crippen molar-refractivity contribution in [2.24, 2.45) is 0 Å². The van der Waals surface area contributed by atoms with E-state index in [0.29, 0.717) is 37.3 Å². The maximum atomic E-state index is 14.5. The lowest BCUT2D eigenvalue weighted by atomic mass is 10.0. The number of likely N-dealkylation sites (tertiary alicyclic amines) is 1. The van der Waals surface area contributed by atoms with Crippen LogP contribution in [-0.4, -0.2) is 69.5 Å². The zero-order chi connectivity index (χ0) is 30.9. The molecule has 5 rings (SSSR count). The topological polar surface area (TPSA) is 117 Å². The Hall–Kier alpha value is -4.61. The Morgan fingerprint density at radius 3 is 2.33 bits per heavy atom. The molecule has 3 aromatic rings. The van der Waals surface area contributed by atoms with Crippen LogP contribution in [0.2, 0.25) is 0 Å². The predicted molar refractivity (Wildman–Crippen MR) is 156 cm³/mol. The molecule has 2 N–H and O–H groups in total. The summed E-state index contributed by atoms with van der Waals surface area (Å²) in [7, 11) is 1.78. The smallest absolute Gasteiger partial charge is 0.410 e. The molecule has 43 heavy (non-hydrogen) atoms. The van der Waals surface area contributed by atoms with Gasteiger partial charge in [-0.25, -0.2) is 23.5 Å². The second-order valence-corrected chi connectivity index (χ2v) is 11.7. The number of likely N-dealkylation sites (N-methyl/N-ethyl adjacent to an activating group) is 1. The van der Waals surface area contributed by atoms with Crippen LogP contribution in [0.3, 0.4) is 0 Å². The molecule has 1 saturated heterocycles. The third-order valence-corrected chi connectivity index (χ3v) is 7.44. The predicted octanol–water partition coefficient (Wildman–Crippen LogP) is 4.81. The van der Waals surface area contributed by atoms with Crippen molar-refractivity contribution in [2.45, 2.75) is 58.2 Å². The maximum Gasteiger partial charge on any atom is 0.410 e. The number of nitrogens with zero attached hydrogens (tertiary/aromatic N) is 4. The molecule has 0 radical (unpaired) electrons. The Morgan fingerprint density at radius 2 is 1.70 bits per heavy atom. The van der Waals surface area contributed by atoms with Crippen molar-refractivity contribution in [1.82, 2.24) is 25.1 Å². The maximum absolute atomic E-state index is 14.5. The fraction of sp³-hybridized carbons (Fsp3) is 0.387. The summed E-state index contributed by atoms with van der Waals surface area (Å²) in [5, 5.41) is 5.74. The van der Waals surface area contributed by atoms with Gasteiger partial charge in [0.15, 0.2) is 5.82 Å². The number of rotatable bonds is 6. The van der Waals surface area contributed by atoms with Gasteiger partial charge in [-0.05, 0) is 63.4 Å². The molecule has 0 aliphatic carbocycles. The second kappa shape index (κ2) is 11.9. The van der Waals surface area contributed by atoms with Crippen LogP contribution >= 0.6 is 0 Å². The normalized spacial score (nSPS) is 15.1. The van der Waals surface area contributed by atoms with Crippen LogP contribution in [0.15, 0.2) is 42.5 Å². The van der Waals surface area contributed by atoms with Gasteiger partial charge in [0.1, 0.15) is 28.6 Å². The number of piperidine rings is 1. The fourth-order valence-corrected chi connectivity index (χ4v) is 5.15. The van der Waals surface area contributed by atoms with Gasteiger partial charge in [-0.2, -0.15) is 0 Å². The van der Waals surface area contributed by atoms with Gasteiger partial charge >= 0.3 is 6.09 Å². The second-order valence-electron chi connectivity index (χ2n) is 11.7. The lowest BCUT2D eigenvalue weighted by molar-refractivity contribution is -0.132. The zero-order valence-corrected chi connectivity index (χ0v) is 24.5. The van der Waals surface area contributed by atoms with E-state index in [9.17, 15) is 23.2 Å². The van der Waals surface area contributed by atoms with Crippen LogP contribution in [0, 0.1) is 11.6 Å². The van der Waals surface area contributed by atoms with Gasteiger partial charge < -0.3 is 25.2 Å². The quantitative estimate of drug-likeness (QED) is 0.422. The zero-order valence-electron chi connectivity index (χ0n) is 24.5. The van der Waals surface area contributed by atoms with Gasteiger partial charge in [0.05, 0.1) is 24.2 Å². The van der Waals surface area contributed by atoms with Crippen LogP contribution in [0.4, 0.5) is 25.1 Å². The van der Waals surface area contributed by atoms with E-state index in [4.69, 9.17) is 4.74 Å². The number of benzene rings is 2. The van der Waals surface area contributed by atoms with Crippen molar-refractivity contribution in [3.63, 3.8) is 0 Å². The lowest BCUT2D eigenvalue weighted by Crippen LogP contribution is -2.48. The number of carbonyl (C=O) groups excluding carboxylic acids is 3. The van der Waals surface area contributed by atoms with Gasteiger partial charge in [0.25, 0.3) is 5.91 Å². The molecule has 2 aliphatic rings. The Balaban J connectivity index is 1.23. The number of ether oxygens (including phenoxy) is 1. The van der Waals surface area contributed by atoms with E-state index in [0.717, 1.165) is 17.7 Å². The summed E-state index contributed by atoms with van der Waals surface area (Å²) in [6, 6.07) is 10.6. The largest absolute Gasteiger partial charge is 0.444 e. The number of hydrogen-bond acceptors (Lipinski definition) is 7. The van der Waals surface area contributed by atoms with E-state index < -0.39 is 17.2 Å². The van der Waals surface area contributed by atoms with Crippen molar-refractivity contribution in [2.75, 3.05) is 25.5 Å². The summed E-state index contributed by atoms with van der Waals surface area (Å²) in [5.74, 6) is -2.10. The Labute approximate surface area is 248 Å². The van der Waals surface area contributed by atoms with Crippen molar-refractivity contribution in [1.29, 1.82) is 0 Å². The van der Waals surface area contributed by atoms with Crippen LogP contribution < -0.4 is 10.6 Å². The molecule has 0 spiro atoms. The number of carbonyl (C=O) groups is 3. The Morgan fingerprint density at radius 1 is 1.05 bits per heavy atom. The molecular formula is C31H34F2N6O4. The number of halogens is 2. The first-order chi connectivity index (χ1) is 20.4. The standard InChI is InChI=1S/C31H34F2N6O4/c1-31(2,3)43-30(42)39-14-12-20(13-15-39)38(4)24(40)16-18-8-10-19(11-9-18)35-28-26-23(17-34-29(26)41)36-27(37-28)25-21(32)6-5-7-22(25)33/h5-11,20H,12-17H2,1-4H3,(H,34,41)(H,35,36,37). The molecule has 10 nitrogen and oxygen atoms in total. The van der Waals surface area contributed by atoms with E-state index in [-0.39, 0.29) is 59.7 Å². The molecular weight excluding hydrogens is 558 g/mol. The van der Waals surface area contributed by atoms with Gasteiger partial charge in [0.2, 0.25) is 5.91 Å². The van der Waals surface area contributed by atoms with Crippen LogP contribution in [0.5, 0.6) is 0 Å². The van der Waals surface area contributed by atoms with Crippen molar-refractivity contribution < 1.29 is 27.9 Å². The van der Waals surface area contributed by atoms with Gasteiger partial charge in [0, 0.05) is 31.9 Å². The highest BCUT2D eigenvalue weighted by Gasteiger charge is 2.31. The molecule has 12 heteroatoms. The minimum atomic E-state index is -0.809. The number of hydrogen-bond donors (Lipinski definition) is 2. The highest BCUT2D eigenvalue weighted by Crippen LogP contribution is 2.30. The van der Waals surface area contributed by atoms with E-state index in [1.165, 1.54) is 6.07 Å². The molecule has 0 saturated carbocycles. The summed E-state index contributed by atoms with van der Waals surface area (Å²) in [4.78, 5) is 49.9. The highest BCUT2D eigenvalue weighted by atomic mass is 19.1. The molecule has 226 valence electrons. The average Bonchev–Trinajstić information content (AvgIpc) is 3.33. The van der Waals surface area contributed by atoms with Crippen LogP contribution in [0.1, 0.15) is 55.2 Å². The SMILES string of the molecule is CN(C(=O)Cc1ccc(Nc2nc(-c3c(F)cccc3F)nc3c2C(=O)NC3)cc1)C1CCN(C(=O)OC(C)(C)C)CC1. The van der Waals surface area contributed by atoms with Crippen molar-refractivity contribution in [3.8, 4) is 11.4 Å². The molecule has 0 unspecified atom stereocenters. The Bertz CT molecular complexity index is 1530. The van der Waals surface area contributed by atoms with E-state index in [2.05, 4.69) is 20.6 Å². The lowest BCUT2D eigenvalue weighted by Gasteiger charge is -2.37. The third-order valence-electron chi connectivity index (χ3n) is 7.44. The number of anilines is 2. The number of aromatic nitrogens is 2. The highest BCUT2D eigenvalue weighted by molar-refractivity contribution is 6.03. The van der Waals surface area contributed by atoms with Gasteiger partial charge in [-0.15, -0.1) is 0 Å². The monoisotopic (exact) mass is 592 g/mol. The van der Waals surface area contributed by atoms with Crippen molar-refractivity contribution >= 4 is 29.4 Å². The van der Waals surface area contributed by atoms with Gasteiger partial charge in [-0.1, -0.05) is 18.2 Å². The summed E-state index contributed by atoms with van der Waals surface area (Å²) in [5.41, 5.74) is 0.967. The summed E-state index contributed by atoms with van der Waals surface area (Å²) in [6.07, 6.45) is 1.18. The first kappa shape index (κ1) is 29.9. The average molecular weight is 593 g/mol. The molecule has 0 bridgehead atoms. The molecule has 3 heterocycles. The molecule has 2 aliphatic heterocycles. The minimum absolute atomic E-state index is 0.0200. The number of fused-ring (bicyclic) bond motifs is 1. The van der Waals surface area contributed by atoms with Gasteiger partial charge in [-0.3, -0.25) is 9.59 Å². The fourth-order valence-electron chi connectivity index (χ4n) is 5.15. The van der Waals surface area contributed by atoms with Crippen LogP contribution in [-0.2, 0) is 22.5 Å². The molecule has 1 aromatic heterocycles. The number of nitrogens with one attached hydrogen (secondary N) is 2. The Kier molecular flexibility index (Phi) is 8.30. The summed E-state index contributed by atoms with van der Waals surface area (Å²) < 4.78 is 34.4. The van der Waals surface area contributed by atoms with E-state index in [1.54, 1.807) is 41.1 Å². The van der Waals surface area contributed by atoms with Crippen molar-refractivity contribution in [3.05, 3.63) is 70.9 Å². The molecule has 0 atom stereocenters. The van der Waals surface area contributed by atoms with E-state index >= 15 is 0 Å². The number of amides is 3. The first-order valence-electron chi connectivity index (χ1n) is 14.1. The summed E-state index contributed by atoms with van der Waals surface area (Å²) in [6.45, 7) is 6.66. The van der Waals surface area contributed by atoms with Crippen LogP contribution in [0.25, 0.3) is 11.4 Å². The first-order valence-corrected chi connectivity index (χ1v) is 14.1.